The van der Waals surface area contributed by atoms with E-state index < -0.39 is 0 Å². The highest BCUT2D eigenvalue weighted by molar-refractivity contribution is 5.89. The van der Waals surface area contributed by atoms with Gasteiger partial charge < -0.3 is 16.0 Å². The molecular weight excluding hydrogens is 266 g/mol. The SMILES string of the molecule is CN1CCCC(NC(=O)[C@@H]2CCC[C@@H]2CN)C1=O.Cl. The monoisotopic (exact) mass is 289 g/mol. The minimum Gasteiger partial charge on any atom is -0.344 e. The van der Waals surface area contributed by atoms with E-state index >= 15 is 0 Å². The van der Waals surface area contributed by atoms with Crippen LogP contribution in [0.3, 0.4) is 0 Å². The van der Waals surface area contributed by atoms with Gasteiger partial charge in [0.25, 0.3) is 0 Å². The largest absolute Gasteiger partial charge is 0.344 e. The number of rotatable bonds is 3. The van der Waals surface area contributed by atoms with Crippen molar-refractivity contribution in [2.45, 2.75) is 38.1 Å². The van der Waals surface area contributed by atoms with E-state index in [1.54, 1.807) is 11.9 Å². The van der Waals surface area contributed by atoms with Crippen LogP contribution in [0.15, 0.2) is 0 Å². The van der Waals surface area contributed by atoms with Crippen molar-refractivity contribution >= 4 is 24.2 Å². The van der Waals surface area contributed by atoms with Gasteiger partial charge in [-0.25, -0.2) is 0 Å². The lowest BCUT2D eigenvalue weighted by atomic mass is 9.94. The number of likely N-dealkylation sites (tertiary alicyclic amines) is 1. The normalized spacial score (nSPS) is 30.9. The molecule has 0 aromatic rings. The Morgan fingerprint density at radius 1 is 1.37 bits per heavy atom. The number of nitrogens with two attached hydrogens (primary N) is 1. The number of nitrogens with zero attached hydrogens (tertiary/aromatic N) is 1. The van der Waals surface area contributed by atoms with E-state index in [0.717, 1.165) is 38.6 Å². The minimum atomic E-state index is -0.324. The van der Waals surface area contributed by atoms with Gasteiger partial charge in [0.05, 0.1) is 0 Å². The summed E-state index contributed by atoms with van der Waals surface area (Å²) in [5.41, 5.74) is 5.69. The molecule has 0 radical (unpaired) electrons. The second-order valence-corrected chi connectivity index (χ2v) is 5.50. The molecule has 0 spiro atoms. The van der Waals surface area contributed by atoms with Crippen LogP contribution in [0.4, 0.5) is 0 Å². The average molecular weight is 290 g/mol. The molecule has 2 rings (SSSR count). The van der Waals surface area contributed by atoms with E-state index in [1.165, 1.54) is 0 Å². The fourth-order valence-electron chi connectivity index (χ4n) is 3.11. The second-order valence-electron chi connectivity index (χ2n) is 5.50. The number of amides is 2. The summed E-state index contributed by atoms with van der Waals surface area (Å²) in [6.07, 6.45) is 4.73. The summed E-state index contributed by atoms with van der Waals surface area (Å²) in [5, 5.41) is 2.92. The summed E-state index contributed by atoms with van der Waals surface area (Å²) >= 11 is 0. The molecule has 2 amide bonds. The van der Waals surface area contributed by atoms with E-state index in [0.29, 0.717) is 12.5 Å². The summed E-state index contributed by atoms with van der Waals surface area (Å²) in [7, 11) is 1.79. The number of carbonyl (C=O) groups excluding carboxylic acids is 2. The maximum absolute atomic E-state index is 12.2. The first kappa shape index (κ1) is 16.2. The topological polar surface area (TPSA) is 75.4 Å². The smallest absolute Gasteiger partial charge is 0.244 e. The molecule has 2 aliphatic rings. The van der Waals surface area contributed by atoms with Crippen molar-refractivity contribution in [1.82, 2.24) is 10.2 Å². The van der Waals surface area contributed by atoms with E-state index in [9.17, 15) is 9.59 Å². The van der Waals surface area contributed by atoms with Crippen molar-refractivity contribution in [2.75, 3.05) is 20.1 Å². The number of nitrogens with one attached hydrogen (secondary N) is 1. The molecule has 1 heterocycles. The molecule has 0 aromatic heterocycles. The summed E-state index contributed by atoms with van der Waals surface area (Å²) in [4.78, 5) is 25.8. The van der Waals surface area contributed by atoms with Gasteiger partial charge in [0, 0.05) is 19.5 Å². The number of hydrogen-bond acceptors (Lipinski definition) is 3. The zero-order chi connectivity index (χ0) is 13.1. The predicted octanol–water partition coefficient (Wildman–Crippen LogP) is 0.520. The first-order chi connectivity index (χ1) is 8.63. The molecule has 3 atom stereocenters. The quantitative estimate of drug-likeness (QED) is 0.795. The average Bonchev–Trinajstić information content (AvgIpc) is 2.83. The van der Waals surface area contributed by atoms with Gasteiger partial charge in [-0.15, -0.1) is 12.4 Å². The molecule has 1 saturated heterocycles. The van der Waals surface area contributed by atoms with Crippen molar-refractivity contribution in [3.05, 3.63) is 0 Å². The molecule has 3 N–H and O–H groups in total. The maximum atomic E-state index is 12.2. The van der Waals surface area contributed by atoms with Gasteiger partial charge in [0.1, 0.15) is 6.04 Å². The van der Waals surface area contributed by atoms with Crippen LogP contribution in [0.25, 0.3) is 0 Å². The van der Waals surface area contributed by atoms with Gasteiger partial charge in [-0.2, -0.15) is 0 Å². The Morgan fingerprint density at radius 3 is 2.79 bits per heavy atom. The van der Waals surface area contributed by atoms with Crippen molar-refractivity contribution < 1.29 is 9.59 Å². The summed E-state index contributed by atoms with van der Waals surface area (Å²) in [6.45, 7) is 1.36. The van der Waals surface area contributed by atoms with E-state index in [1.807, 2.05) is 0 Å². The van der Waals surface area contributed by atoms with Crippen LogP contribution in [0.5, 0.6) is 0 Å². The highest BCUT2D eigenvalue weighted by Crippen LogP contribution is 2.31. The zero-order valence-electron chi connectivity index (χ0n) is 11.4. The molecule has 0 bridgehead atoms. The molecule has 1 saturated carbocycles. The fraction of sp³-hybridized carbons (Fsp3) is 0.846. The van der Waals surface area contributed by atoms with Gasteiger partial charge in [0.15, 0.2) is 0 Å². The summed E-state index contributed by atoms with van der Waals surface area (Å²) < 4.78 is 0. The molecule has 6 heteroatoms. The molecule has 2 fully saturated rings. The van der Waals surface area contributed by atoms with Crippen LogP contribution in [-0.2, 0) is 9.59 Å². The maximum Gasteiger partial charge on any atom is 0.244 e. The fourth-order valence-corrected chi connectivity index (χ4v) is 3.11. The zero-order valence-corrected chi connectivity index (χ0v) is 12.2. The van der Waals surface area contributed by atoms with Gasteiger partial charge in [-0.3, -0.25) is 9.59 Å². The third-order valence-corrected chi connectivity index (χ3v) is 4.28. The molecule has 5 nitrogen and oxygen atoms in total. The highest BCUT2D eigenvalue weighted by Gasteiger charge is 2.35. The molecule has 0 aromatic carbocycles. The molecule has 1 unspecified atom stereocenters. The second kappa shape index (κ2) is 7.10. The standard InChI is InChI=1S/C13H23N3O2.ClH/c1-16-7-3-6-11(13(16)18)15-12(17)10-5-2-4-9(10)8-14;/h9-11H,2-8,14H2,1H3,(H,15,17);1H/t9-,10-,11?;/m1./s1. The van der Waals surface area contributed by atoms with Crippen LogP contribution >= 0.6 is 12.4 Å². The molecular formula is C13H24ClN3O2. The van der Waals surface area contributed by atoms with Crippen molar-refractivity contribution in [1.29, 1.82) is 0 Å². The van der Waals surface area contributed by atoms with E-state index in [2.05, 4.69) is 5.32 Å². The van der Waals surface area contributed by atoms with Crippen LogP contribution < -0.4 is 11.1 Å². The van der Waals surface area contributed by atoms with E-state index in [4.69, 9.17) is 5.73 Å². The predicted molar refractivity (Wildman–Crippen MR) is 75.9 cm³/mol. The van der Waals surface area contributed by atoms with Crippen LogP contribution in [0.2, 0.25) is 0 Å². The van der Waals surface area contributed by atoms with E-state index in [-0.39, 0.29) is 36.2 Å². The number of halogens is 1. The Labute approximate surface area is 120 Å². The first-order valence-corrected chi connectivity index (χ1v) is 6.89. The number of likely N-dealkylation sites (N-methyl/N-ethyl adjacent to an activating group) is 1. The molecule has 1 aliphatic heterocycles. The van der Waals surface area contributed by atoms with Crippen LogP contribution in [0.1, 0.15) is 32.1 Å². The first-order valence-electron chi connectivity index (χ1n) is 6.89. The minimum absolute atomic E-state index is 0. The molecule has 1 aliphatic carbocycles. The van der Waals surface area contributed by atoms with Crippen molar-refractivity contribution in [3.63, 3.8) is 0 Å². The third-order valence-electron chi connectivity index (χ3n) is 4.28. The summed E-state index contributed by atoms with van der Waals surface area (Å²) in [6, 6.07) is -0.324. The number of hydrogen-bond donors (Lipinski definition) is 2. The molecule has 110 valence electrons. The lowest BCUT2D eigenvalue weighted by molar-refractivity contribution is -0.138. The Kier molecular flexibility index (Phi) is 6.07. The van der Waals surface area contributed by atoms with Crippen molar-refractivity contribution in [3.8, 4) is 0 Å². The van der Waals surface area contributed by atoms with Gasteiger partial charge in [0.2, 0.25) is 11.8 Å². The van der Waals surface area contributed by atoms with Gasteiger partial charge >= 0.3 is 0 Å². The molecule has 19 heavy (non-hydrogen) atoms. The Morgan fingerprint density at radius 2 is 2.11 bits per heavy atom. The Bertz CT molecular complexity index is 338. The number of piperidine rings is 1. The summed E-state index contributed by atoms with van der Waals surface area (Å²) in [5.74, 6) is 0.366. The van der Waals surface area contributed by atoms with Gasteiger partial charge in [-0.05, 0) is 38.1 Å². The lowest BCUT2D eigenvalue weighted by Gasteiger charge is -2.30. The lowest BCUT2D eigenvalue weighted by Crippen LogP contribution is -2.52. The van der Waals surface area contributed by atoms with Crippen LogP contribution in [-0.4, -0.2) is 42.9 Å². The highest BCUT2D eigenvalue weighted by atomic mass is 35.5. The van der Waals surface area contributed by atoms with Crippen molar-refractivity contribution in [2.24, 2.45) is 17.6 Å². The van der Waals surface area contributed by atoms with Gasteiger partial charge in [-0.1, -0.05) is 6.42 Å². The number of carbonyl (C=O) groups is 2. The third kappa shape index (κ3) is 3.60. The van der Waals surface area contributed by atoms with Crippen LogP contribution in [0, 0.1) is 11.8 Å². The Balaban J connectivity index is 0.00000180. The Hall–Kier alpha value is -0.810.